The lowest BCUT2D eigenvalue weighted by molar-refractivity contribution is -0.132. The van der Waals surface area contributed by atoms with Crippen LogP contribution in [-0.4, -0.2) is 29.2 Å². The molecular weight excluding hydrogens is 216 g/mol. The standard InChI is InChI=1S/C13H14N2O2/c16-13(17)11-9-15(10-5-2-1-3-6-10)14-8-4-7-12(11)14/h1-3,5-6H,4,7-9H2,(H,16,17). The normalized spacial score (nSPS) is 18.8. The minimum Gasteiger partial charge on any atom is -0.478 e. The van der Waals surface area contributed by atoms with Gasteiger partial charge >= 0.3 is 5.97 Å². The van der Waals surface area contributed by atoms with Crippen LogP contribution in [0.25, 0.3) is 0 Å². The van der Waals surface area contributed by atoms with Gasteiger partial charge in [-0.2, -0.15) is 0 Å². The van der Waals surface area contributed by atoms with Gasteiger partial charge in [0.05, 0.1) is 17.8 Å². The van der Waals surface area contributed by atoms with E-state index in [0.717, 1.165) is 30.8 Å². The number of nitrogens with zero attached hydrogens (tertiary/aromatic N) is 2. The van der Waals surface area contributed by atoms with Gasteiger partial charge in [-0.15, -0.1) is 0 Å². The molecule has 0 atom stereocenters. The summed E-state index contributed by atoms with van der Waals surface area (Å²) in [6.45, 7) is 1.40. The monoisotopic (exact) mass is 230 g/mol. The number of benzene rings is 1. The summed E-state index contributed by atoms with van der Waals surface area (Å²) in [5, 5.41) is 13.4. The van der Waals surface area contributed by atoms with Crippen molar-refractivity contribution in [3.8, 4) is 0 Å². The Morgan fingerprint density at radius 3 is 2.65 bits per heavy atom. The molecule has 0 amide bonds. The first-order valence-corrected chi connectivity index (χ1v) is 5.83. The number of hydrazine groups is 1. The van der Waals surface area contributed by atoms with E-state index in [1.165, 1.54) is 0 Å². The van der Waals surface area contributed by atoms with Crippen molar-refractivity contribution in [2.24, 2.45) is 0 Å². The predicted octanol–water partition coefficient (Wildman–Crippen LogP) is 1.86. The summed E-state index contributed by atoms with van der Waals surface area (Å²) in [4.78, 5) is 11.2. The van der Waals surface area contributed by atoms with E-state index >= 15 is 0 Å². The molecule has 0 unspecified atom stereocenters. The molecule has 1 aromatic carbocycles. The molecule has 4 nitrogen and oxygen atoms in total. The number of rotatable bonds is 2. The highest BCUT2D eigenvalue weighted by molar-refractivity contribution is 5.89. The van der Waals surface area contributed by atoms with E-state index in [-0.39, 0.29) is 0 Å². The summed E-state index contributed by atoms with van der Waals surface area (Å²) in [6.07, 6.45) is 1.92. The molecule has 0 bridgehead atoms. The van der Waals surface area contributed by atoms with Crippen LogP contribution in [-0.2, 0) is 4.79 Å². The van der Waals surface area contributed by atoms with Crippen LogP contribution in [0.15, 0.2) is 41.6 Å². The number of carboxylic acids is 1. The molecule has 17 heavy (non-hydrogen) atoms. The average Bonchev–Trinajstić information content (AvgIpc) is 2.90. The van der Waals surface area contributed by atoms with Crippen LogP contribution < -0.4 is 5.01 Å². The van der Waals surface area contributed by atoms with Crippen LogP contribution in [0, 0.1) is 0 Å². The first-order valence-electron chi connectivity index (χ1n) is 5.83. The van der Waals surface area contributed by atoms with Gasteiger partial charge in [0.25, 0.3) is 0 Å². The van der Waals surface area contributed by atoms with Crippen molar-refractivity contribution in [3.63, 3.8) is 0 Å². The minimum atomic E-state index is -0.787. The first kappa shape index (κ1) is 10.2. The zero-order valence-electron chi connectivity index (χ0n) is 9.47. The fourth-order valence-electron chi connectivity index (χ4n) is 2.58. The Morgan fingerprint density at radius 1 is 1.18 bits per heavy atom. The van der Waals surface area contributed by atoms with E-state index in [9.17, 15) is 9.90 Å². The summed E-state index contributed by atoms with van der Waals surface area (Å²) in [5.74, 6) is -0.787. The van der Waals surface area contributed by atoms with Gasteiger partial charge in [-0.1, -0.05) is 18.2 Å². The Balaban J connectivity index is 1.95. The number of carboxylic acid groups (broad SMARTS) is 1. The number of carbonyl (C=O) groups is 1. The van der Waals surface area contributed by atoms with E-state index < -0.39 is 5.97 Å². The summed E-state index contributed by atoms with van der Waals surface area (Å²) in [7, 11) is 0. The number of anilines is 1. The average molecular weight is 230 g/mol. The minimum absolute atomic E-state index is 0.481. The zero-order valence-corrected chi connectivity index (χ0v) is 9.47. The smallest absolute Gasteiger partial charge is 0.335 e. The third kappa shape index (κ3) is 1.56. The largest absolute Gasteiger partial charge is 0.478 e. The van der Waals surface area contributed by atoms with Gasteiger partial charge < -0.3 is 5.11 Å². The highest BCUT2D eigenvalue weighted by Crippen LogP contribution is 2.35. The third-order valence-electron chi connectivity index (χ3n) is 3.36. The molecule has 0 spiro atoms. The van der Waals surface area contributed by atoms with E-state index in [1.54, 1.807) is 0 Å². The Kier molecular flexibility index (Phi) is 2.28. The number of para-hydroxylation sites is 1. The van der Waals surface area contributed by atoms with Crippen LogP contribution in [0.1, 0.15) is 12.8 Å². The van der Waals surface area contributed by atoms with Crippen molar-refractivity contribution < 1.29 is 9.90 Å². The third-order valence-corrected chi connectivity index (χ3v) is 3.36. The predicted molar refractivity (Wildman–Crippen MR) is 64.4 cm³/mol. The summed E-state index contributed by atoms with van der Waals surface area (Å²) in [5.41, 5.74) is 2.59. The van der Waals surface area contributed by atoms with Crippen LogP contribution in [0.4, 0.5) is 5.69 Å². The maximum atomic E-state index is 11.2. The lowest BCUT2D eigenvalue weighted by Gasteiger charge is -2.30. The van der Waals surface area contributed by atoms with Crippen molar-refractivity contribution >= 4 is 11.7 Å². The molecule has 0 aromatic heterocycles. The molecule has 0 radical (unpaired) electrons. The van der Waals surface area contributed by atoms with E-state index in [1.807, 2.05) is 30.3 Å². The molecule has 2 heterocycles. The number of allylic oxidation sites excluding steroid dienone is 1. The number of aliphatic carboxylic acids is 1. The van der Waals surface area contributed by atoms with Crippen LogP contribution in [0.2, 0.25) is 0 Å². The highest BCUT2D eigenvalue weighted by Gasteiger charge is 2.36. The summed E-state index contributed by atoms with van der Waals surface area (Å²) in [6, 6.07) is 9.95. The van der Waals surface area contributed by atoms with Gasteiger partial charge in [0.2, 0.25) is 0 Å². The van der Waals surface area contributed by atoms with Crippen molar-refractivity contribution in [2.45, 2.75) is 12.8 Å². The molecule has 2 aliphatic heterocycles. The summed E-state index contributed by atoms with van der Waals surface area (Å²) >= 11 is 0. The van der Waals surface area contributed by atoms with Crippen molar-refractivity contribution in [2.75, 3.05) is 18.1 Å². The summed E-state index contributed by atoms with van der Waals surface area (Å²) < 4.78 is 0. The second-order valence-corrected chi connectivity index (χ2v) is 4.35. The lowest BCUT2D eigenvalue weighted by Crippen LogP contribution is -2.35. The molecule has 3 rings (SSSR count). The van der Waals surface area contributed by atoms with Crippen molar-refractivity contribution in [1.82, 2.24) is 5.01 Å². The van der Waals surface area contributed by atoms with Gasteiger partial charge in [0.15, 0.2) is 0 Å². The Bertz CT molecular complexity index is 481. The fraction of sp³-hybridized carbons (Fsp3) is 0.308. The van der Waals surface area contributed by atoms with Crippen molar-refractivity contribution in [1.29, 1.82) is 0 Å². The molecule has 88 valence electrons. The van der Waals surface area contributed by atoms with Gasteiger partial charge in [0.1, 0.15) is 0 Å². The SMILES string of the molecule is O=C(O)C1=C2CCCN2N(c2ccccc2)C1. The lowest BCUT2D eigenvalue weighted by atomic mass is 10.2. The number of hydrogen-bond donors (Lipinski definition) is 1. The van der Waals surface area contributed by atoms with Crippen LogP contribution in [0.5, 0.6) is 0 Å². The zero-order chi connectivity index (χ0) is 11.8. The quantitative estimate of drug-likeness (QED) is 0.842. The molecule has 1 N–H and O–H groups in total. The van der Waals surface area contributed by atoms with E-state index in [0.29, 0.717) is 12.1 Å². The van der Waals surface area contributed by atoms with Crippen LogP contribution >= 0.6 is 0 Å². The number of fused-ring (bicyclic) bond motifs is 1. The molecule has 4 heteroatoms. The van der Waals surface area contributed by atoms with E-state index in [2.05, 4.69) is 10.0 Å². The second-order valence-electron chi connectivity index (χ2n) is 4.35. The molecular formula is C13H14N2O2. The number of hydrogen-bond acceptors (Lipinski definition) is 3. The Morgan fingerprint density at radius 2 is 1.94 bits per heavy atom. The molecule has 1 aromatic rings. The van der Waals surface area contributed by atoms with Gasteiger partial charge in [-0.05, 0) is 25.0 Å². The van der Waals surface area contributed by atoms with Crippen LogP contribution in [0.3, 0.4) is 0 Å². The second kappa shape index (κ2) is 3.80. The highest BCUT2D eigenvalue weighted by atomic mass is 16.4. The molecule has 0 saturated carbocycles. The van der Waals surface area contributed by atoms with Gasteiger partial charge in [-0.3, -0.25) is 10.0 Å². The van der Waals surface area contributed by atoms with Gasteiger partial charge in [0, 0.05) is 12.2 Å². The van der Waals surface area contributed by atoms with Gasteiger partial charge in [-0.25, -0.2) is 4.79 Å². The molecule has 1 saturated heterocycles. The maximum absolute atomic E-state index is 11.2. The topological polar surface area (TPSA) is 43.8 Å². The molecule has 1 fully saturated rings. The first-order chi connectivity index (χ1) is 8.27. The fourth-order valence-corrected chi connectivity index (χ4v) is 2.58. The molecule has 2 aliphatic rings. The molecule has 0 aliphatic carbocycles. The Labute approximate surface area is 99.7 Å². The van der Waals surface area contributed by atoms with Crippen molar-refractivity contribution in [3.05, 3.63) is 41.6 Å². The Hall–Kier alpha value is -1.97. The maximum Gasteiger partial charge on any atom is 0.335 e. The van der Waals surface area contributed by atoms with E-state index in [4.69, 9.17) is 0 Å².